The van der Waals surface area contributed by atoms with E-state index in [9.17, 15) is 19.2 Å². The molecule has 11 nitrogen and oxygen atoms in total. The SMILES string of the molecule is COc1ccc2c(c1)C(=O)N(C[C@@]1(c3cc4ncc(C(=O)NCCN(C)C)cc4o3)CC(=O)NC1=O)C2. The van der Waals surface area contributed by atoms with Crippen molar-refractivity contribution in [2.45, 2.75) is 18.4 Å². The van der Waals surface area contributed by atoms with E-state index in [4.69, 9.17) is 9.15 Å². The van der Waals surface area contributed by atoms with Crippen LogP contribution in [0.2, 0.25) is 0 Å². The summed E-state index contributed by atoms with van der Waals surface area (Å²) in [5, 5.41) is 5.18. The third kappa shape index (κ3) is 4.42. The van der Waals surface area contributed by atoms with Gasteiger partial charge in [0.05, 0.1) is 19.1 Å². The van der Waals surface area contributed by atoms with E-state index in [1.54, 1.807) is 24.3 Å². The fraction of sp³-hybridized carbons (Fsp3) is 0.346. The number of furan rings is 1. The number of nitrogens with one attached hydrogen (secondary N) is 2. The number of imide groups is 1. The van der Waals surface area contributed by atoms with Gasteiger partial charge in [-0.2, -0.15) is 0 Å². The zero-order valence-electron chi connectivity index (χ0n) is 20.8. The minimum Gasteiger partial charge on any atom is -0.497 e. The maximum absolute atomic E-state index is 13.2. The Kier molecular flexibility index (Phi) is 6.16. The quantitative estimate of drug-likeness (QED) is 0.434. The van der Waals surface area contributed by atoms with Crippen molar-refractivity contribution < 1.29 is 28.3 Å². The lowest BCUT2D eigenvalue weighted by Crippen LogP contribution is -2.46. The highest BCUT2D eigenvalue weighted by Crippen LogP contribution is 2.39. The van der Waals surface area contributed by atoms with Crippen molar-refractivity contribution in [3.05, 3.63) is 59.0 Å². The number of hydrogen-bond acceptors (Lipinski definition) is 8. The number of benzene rings is 1. The molecule has 1 aromatic carbocycles. The molecule has 2 aliphatic heterocycles. The molecule has 0 saturated carbocycles. The third-order valence-electron chi connectivity index (χ3n) is 6.75. The zero-order valence-corrected chi connectivity index (χ0v) is 20.8. The lowest BCUT2D eigenvalue weighted by Gasteiger charge is -2.28. The summed E-state index contributed by atoms with van der Waals surface area (Å²) in [4.78, 5) is 59.1. The molecule has 0 unspecified atom stereocenters. The Morgan fingerprint density at radius 2 is 2.05 bits per heavy atom. The Morgan fingerprint density at radius 3 is 2.76 bits per heavy atom. The maximum Gasteiger partial charge on any atom is 0.254 e. The first-order chi connectivity index (χ1) is 17.7. The number of rotatable bonds is 8. The molecule has 2 aliphatic rings. The van der Waals surface area contributed by atoms with Crippen LogP contribution in [0.25, 0.3) is 11.1 Å². The molecule has 1 fully saturated rings. The number of ether oxygens (including phenoxy) is 1. The summed E-state index contributed by atoms with van der Waals surface area (Å²) in [7, 11) is 5.35. The van der Waals surface area contributed by atoms with Crippen molar-refractivity contribution in [1.29, 1.82) is 0 Å². The predicted octanol–water partition coefficient (Wildman–Crippen LogP) is 1.07. The van der Waals surface area contributed by atoms with Crippen LogP contribution in [0.3, 0.4) is 0 Å². The van der Waals surface area contributed by atoms with E-state index in [0.717, 1.165) is 5.56 Å². The van der Waals surface area contributed by atoms with E-state index in [0.29, 0.717) is 41.1 Å². The number of carbonyl (C=O) groups is 4. The number of nitrogens with zero attached hydrogens (tertiary/aromatic N) is 3. The van der Waals surface area contributed by atoms with Gasteiger partial charge in [0.1, 0.15) is 22.4 Å². The molecule has 4 heterocycles. The minimum atomic E-state index is -1.42. The molecule has 1 atom stereocenters. The summed E-state index contributed by atoms with van der Waals surface area (Å²) in [5.41, 5.74) is 0.938. The molecular formula is C26H27N5O6. The van der Waals surface area contributed by atoms with Crippen molar-refractivity contribution in [3.8, 4) is 5.75 Å². The Hall–Kier alpha value is -4.25. The van der Waals surface area contributed by atoms with E-state index in [2.05, 4.69) is 15.6 Å². The number of hydrogen-bond donors (Lipinski definition) is 2. The van der Waals surface area contributed by atoms with Crippen LogP contribution in [0.5, 0.6) is 5.75 Å². The molecule has 37 heavy (non-hydrogen) atoms. The Bertz CT molecular complexity index is 1430. The van der Waals surface area contributed by atoms with Gasteiger partial charge in [0.15, 0.2) is 5.58 Å². The lowest BCUT2D eigenvalue weighted by molar-refractivity contribution is -0.127. The van der Waals surface area contributed by atoms with Gasteiger partial charge in [-0.3, -0.25) is 29.5 Å². The van der Waals surface area contributed by atoms with E-state index in [1.807, 2.05) is 25.1 Å². The molecule has 0 radical (unpaired) electrons. The summed E-state index contributed by atoms with van der Waals surface area (Å²) in [5.74, 6) is -0.781. The van der Waals surface area contributed by atoms with Gasteiger partial charge in [0.25, 0.3) is 11.8 Å². The van der Waals surface area contributed by atoms with E-state index >= 15 is 0 Å². The Labute approximate surface area is 212 Å². The van der Waals surface area contributed by atoms with Crippen molar-refractivity contribution in [2.24, 2.45) is 0 Å². The van der Waals surface area contributed by atoms with Crippen LogP contribution < -0.4 is 15.4 Å². The first-order valence-electron chi connectivity index (χ1n) is 11.8. The molecule has 192 valence electrons. The average molecular weight is 506 g/mol. The molecule has 1 saturated heterocycles. The monoisotopic (exact) mass is 505 g/mol. The van der Waals surface area contributed by atoms with Gasteiger partial charge in [0, 0.05) is 44.0 Å². The lowest BCUT2D eigenvalue weighted by atomic mass is 9.82. The highest BCUT2D eigenvalue weighted by atomic mass is 16.5. The van der Waals surface area contributed by atoms with E-state index < -0.39 is 17.2 Å². The first-order valence-corrected chi connectivity index (χ1v) is 11.8. The first kappa shape index (κ1) is 24.4. The van der Waals surface area contributed by atoms with Crippen molar-refractivity contribution in [1.82, 2.24) is 25.4 Å². The van der Waals surface area contributed by atoms with E-state index in [-0.39, 0.29) is 37.1 Å². The molecule has 0 aliphatic carbocycles. The number of methoxy groups -OCH3 is 1. The molecule has 11 heteroatoms. The normalized spacial score (nSPS) is 19.0. The maximum atomic E-state index is 13.2. The van der Waals surface area contributed by atoms with Crippen molar-refractivity contribution >= 4 is 34.7 Å². The van der Waals surface area contributed by atoms with Crippen LogP contribution in [-0.4, -0.2) is 79.3 Å². The van der Waals surface area contributed by atoms with Crippen LogP contribution in [-0.2, 0) is 21.5 Å². The molecule has 2 N–H and O–H groups in total. The van der Waals surface area contributed by atoms with Gasteiger partial charge < -0.3 is 24.3 Å². The minimum absolute atomic E-state index is 0.0574. The van der Waals surface area contributed by atoms with E-state index in [1.165, 1.54) is 18.2 Å². The summed E-state index contributed by atoms with van der Waals surface area (Å²) < 4.78 is 11.3. The second kappa shape index (κ2) is 9.32. The second-order valence-electron chi connectivity index (χ2n) is 9.60. The molecule has 0 bridgehead atoms. The van der Waals surface area contributed by atoms with Crippen LogP contribution in [0.15, 0.2) is 40.9 Å². The van der Waals surface area contributed by atoms with Gasteiger partial charge >= 0.3 is 0 Å². The highest BCUT2D eigenvalue weighted by molar-refractivity contribution is 6.10. The van der Waals surface area contributed by atoms with Crippen molar-refractivity contribution in [2.75, 3.05) is 40.8 Å². The average Bonchev–Trinajstić information content (AvgIpc) is 3.52. The summed E-state index contributed by atoms with van der Waals surface area (Å²) in [6.07, 6.45) is 1.26. The number of amides is 4. The number of likely N-dealkylation sites (N-methyl/N-ethyl adjacent to an activating group) is 1. The summed E-state index contributed by atoms with van der Waals surface area (Å²) in [6, 6.07) is 8.41. The zero-order chi connectivity index (χ0) is 26.3. The van der Waals surface area contributed by atoms with Crippen LogP contribution in [0, 0.1) is 0 Å². The number of pyridine rings is 1. The molecule has 5 rings (SSSR count). The third-order valence-corrected chi connectivity index (χ3v) is 6.75. The van der Waals surface area contributed by atoms with Crippen LogP contribution >= 0.6 is 0 Å². The fourth-order valence-electron chi connectivity index (χ4n) is 4.74. The summed E-state index contributed by atoms with van der Waals surface area (Å²) in [6.45, 7) is 1.38. The highest BCUT2D eigenvalue weighted by Gasteiger charge is 2.53. The number of fused-ring (bicyclic) bond motifs is 2. The smallest absolute Gasteiger partial charge is 0.254 e. The fourth-order valence-corrected chi connectivity index (χ4v) is 4.74. The van der Waals surface area contributed by atoms with Gasteiger partial charge in [-0.15, -0.1) is 0 Å². The number of aromatic nitrogens is 1. The standard InChI is InChI=1S/C26H27N5O6/c1-30(2)7-6-27-23(33)16-8-20-19(28-12-16)10-21(37-20)26(11-22(32)29-25(26)35)14-31-13-15-4-5-17(36-3)9-18(15)24(31)34/h4-5,8-10,12H,6-7,11,13-14H2,1-3H3,(H,27,33)(H,29,32,35)/t26-/m1/s1. The molecular weight excluding hydrogens is 478 g/mol. The van der Waals surface area contributed by atoms with Gasteiger partial charge in [-0.25, -0.2) is 0 Å². The van der Waals surface area contributed by atoms with Gasteiger partial charge in [-0.05, 0) is 37.9 Å². The van der Waals surface area contributed by atoms with Crippen molar-refractivity contribution in [3.63, 3.8) is 0 Å². The van der Waals surface area contributed by atoms with Crippen LogP contribution in [0.4, 0.5) is 0 Å². The Morgan fingerprint density at radius 1 is 1.24 bits per heavy atom. The second-order valence-corrected chi connectivity index (χ2v) is 9.60. The largest absolute Gasteiger partial charge is 0.497 e. The Balaban J connectivity index is 1.44. The van der Waals surface area contributed by atoms with Gasteiger partial charge in [0.2, 0.25) is 11.8 Å². The molecule has 3 aromatic rings. The number of carbonyl (C=O) groups excluding carboxylic acids is 4. The van der Waals surface area contributed by atoms with Crippen LogP contribution in [0.1, 0.15) is 38.5 Å². The molecule has 4 amide bonds. The van der Waals surface area contributed by atoms with Gasteiger partial charge in [-0.1, -0.05) is 6.07 Å². The predicted molar refractivity (Wildman–Crippen MR) is 132 cm³/mol. The molecule has 2 aromatic heterocycles. The summed E-state index contributed by atoms with van der Waals surface area (Å²) >= 11 is 0. The molecule has 0 spiro atoms. The topological polar surface area (TPSA) is 134 Å².